The zero-order valence-electron chi connectivity index (χ0n) is 10.3. The molecule has 0 unspecified atom stereocenters. The largest absolute Gasteiger partial charge is 0.478 e. The van der Waals surface area contributed by atoms with E-state index >= 15 is 0 Å². The van der Waals surface area contributed by atoms with Crippen LogP contribution < -0.4 is 0 Å². The van der Waals surface area contributed by atoms with Crippen LogP contribution in [0.4, 0.5) is 0 Å². The van der Waals surface area contributed by atoms with Gasteiger partial charge in [-0.25, -0.2) is 4.79 Å². The number of carboxylic acids is 1. The van der Waals surface area contributed by atoms with Crippen molar-refractivity contribution in [1.29, 1.82) is 0 Å². The van der Waals surface area contributed by atoms with E-state index in [1.807, 2.05) is 0 Å². The second-order valence-electron chi connectivity index (χ2n) is 4.22. The number of allylic oxidation sites excluding steroid dienone is 1. The van der Waals surface area contributed by atoms with Crippen molar-refractivity contribution in [3.63, 3.8) is 0 Å². The first-order valence-corrected chi connectivity index (χ1v) is 4.94. The van der Waals surface area contributed by atoms with Crippen LogP contribution in [0.1, 0.15) is 27.7 Å². The first-order valence-electron chi connectivity index (χ1n) is 4.94. The van der Waals surface area contributed by atoms with E-state index in [4.69, 9.17) is 20.4 Å². The number of hydrogen-bond donors (Lipinski definition) is 4. The van der Waals surface area contributed by atoms with Gasteiger partial charge in [-0.2, -0.15) is 0 Å². The monoisotopic (exact) mass is 234 g/mol. The van der Waals surface area contributed by atoms with Crippen molar-refractivity contribution >= 4 is 5.97 Å². The minimum Gasteiger partial charge on any atom is -0.478 e. The van der Waals surface area contributed by atoms with E-state index in [1.54, 1.807) is 27.7 Å². The second kappa shape index (κ2) is 8.27. The number of aliphatic hydroxyl groups excluding tert-OH is 3. The first-order chi connectivity index (χ1) is 7.24. The van der Waals surface area contributed by atoms with Crippen molar-refractivity contribution in [2.24, 2.45) is 5.41 Å². The Balaban J connectivity index is 0. The lowest BCUT2D eigenvalue weighted by Gasteiger charge is -2.20. The maximum atomic E-state index is 10.1. The summed E-state index contributed by atoms with van der Waals surface area (Å²) in [5, 5.41) is 33.7. The SMILES string of the molecule is CC(C)=C(C)C(=O)O.CC(CO)(CO)CO. The summed E-state index contributed by atoms with van der Waals surface area (Å²) in [4.78, 5) is 10.1. The topological polar surface area (TPSA) is 98.0 Å². The highest BCUT2D eigenvalue weighted by Gasteiger charge is 2.20. The molecular weight excluding hydrogens is 212 g/mol. The van der Waals surface area contributed by atoms with Crippen LogP contribution in [0.5, 0.6) is 0 Å². The van der Waals surface area contributed by atoms with E-state index in [0.29, 0.717) is 5.57 Å². The van der Waals surface area contributed by atoms with Crippen molar-refractivity contribution in [2.75, 3.05) is 19.8 Å². The molecule has 0 aromatic rings. The Morgan fingerprint density at radius 2 is 1.31 bits per heavy atom. The molecule has 0 saturated carbocycles. The van der Waals surface area contributed by atoms with Gasteiger partial charge < -0.3 is 20.4 Å². The highest BCUT2D eigenvalue weighted by Crippen LogP contribution is 2.10. The average Bonchev–Trinajstić information content (AvgIpc) is 2.27. The van der Waals surface area contributed by atoms with Gasteiger partial charge >= 0.3 is 5.97 Å². The van der Waals surface area contributed by atoms with Gasteiger partial charge in [-0.1, -0.05) is 12.5 Å². The van der Waals surface area contributed by atoms with Crippen LogP contribution in [0, 0.1) is 5.41 Å². The minimum atomic E-state index is -0.829. The molecule has 16 heavy (non-hydrogen) atoms. The van der Waals surface area contributed by atoms with Gasteiger partial charge in [0.05, 0.1) is 19.8 Å². The smallest absolute Gasteiger partial charge is 0.331 e. The fourth-order valence-corrected chi connectivity index (χ4v) is 0.364. The van der Waals surface area contributed by atoms with Crippen molar-refractivity contribution in [3.05, 3.63) is 11.1 Å². The number of hydrogen-bond acceptors (Lipinski definition) is 4. The molecule has 5 heteroatoms. The fourth-order valence-electron chi connectivity index (χ4n) is 0.364. The molecule has 0 fully saturated rings. The molecule has 0 saturated heterocycles. The maximum Gasteiger partial charge on any atom is 0.331 e. The minimum absolute atomic E-state index is 0.181. The Labute approximate surface area is 96.0 Å². The Bertz CT molecular complexity index is 228. The van der Waals surface area contributed by atoms with Gasteiger partial charge in [-0.3, -0.25) is 0 Å². The van der Waals surface area contributed by atoms with Gasteiger partial charge in [0.1, 0.15) is 0 Å². The lowest BCUT2D eigenvalue weighted by Crippen LogP contribution is -2.29. The third-order valence-electron chi connectivity index (χ3n) is 2.22. The molecule has 0 heterocycles. The number of carboxylic acid groups (broad SMARTS) is 1. The molecule has 0 rings (SSSR count). The van der Waals surface area contributed by atoms with Gasteiger partial charge in [0.15, 0.2) is 0 Å². The van der Waals surface area contributed by atoms with Crippen molar-refractivity contribution in [2.45, 2.75) is 27.7 Å². The van der Waals surface area contributed by atoms with Crippen LogP contribution in [-0.2, 0) is 4.79 Å². The molecule has 0 spiro atoms. The van der Waals surface area contributed by atoms with Gasteiger partial charge in [0.2, 0.25) is 0 Å². The lowest BCUT2D eigenvalue weighted by atomic mass is 9.95. The molecule has 0 aromatic heterocycles. The quantitative estimate of drug-likeness (QED) is 0.528. The molecule has 0 aromatic carbocycles. The van der Waals surface area contributed by atoms with Gasteiger partial charge in [-0.05, 0) is 20.8 Å². The molecular formula is C11H22O5. The predicted octanol–water partition coefficient (Wildman–Crippen LogP) is 0.397. The maximum absolute atomic E-state index is 10.1. The van der Waals surface area contributed by atoms with Crippen molar-refractivity contribution in [3.8, 4) is 0 Å². The fraction of sp³-hybridized carbons (Fsp3) is 0.727. The van der Waals surface area contributed by atoms with E-state index in [2.05, 4.69) is 0 Å². The molecule has 0 atom stereocenters. The normalized spacial score (nSPS) is 10.2. The number of aliphatic carboxylic acids is 1. The van der Waals surface area contributed by atoms with Crippen LogP contribution in [-0.4, -0.2) is 46.2 Å². The summed E-state index contributed by atoms with van der Waals surface area (Å²) in [6.45, 7) is 6.22. The van der Waals surface area contributed by atoms with Crippen LogP contribution in [0.3, 0.4) is 0 Å². The second-order valence-corrected chi connectivity index (χ2v) is 4.22. The summed E-state index contributed by atoms with van der Waals surface area (Å²) in [7, 11) is 0. The van der Waals surface area contributed by atoms with E-state index in [0.717, 1.165) is 5.57 Å². The zero-order chi connectivity index (χ0) is 13.4. The standard InChI is InChI=1S/C6H10O2.C5H12O3/c1-4(2)5(3)6(7)8;1-5(2-6,3-7)4-8/h1-3H3,(H,7,8);6-8H,2-4H2,1H3. The van der Waals surface area contributed by atoms with Crippen LogP contribution in [0.2, 0.25) is 0 Å². The van der Waals surface area contributed by atoms with Gasteiger partial charge in [0, 0.05) is 11.0 Å². The zero-order valence-corrected chi connectivity index (χ0v) is 10.3. The van der Waals surface area contributed by atoms with Crippen LogP contribution in [0.15, 0.2) is 11.1 Å². The molecule has 0 aliphatic heterocycles. The molecule has 96 valence electrons. The number of carbonyl (C=O) groups is 1. The van der Waals surface area contributed by atoms with Gasteiger partial charge in [-0.15, -0.1) is 0 Å². The number of aliphatic hydroxyl groups is 3. The summed E-state index contributed by atoms with van der Waals surface area (Å²) in [6.07, 6.45) is 0. The summed E-state index contributed by atoms with van der Waals surface area (Å²) in [5.74, 6) is -0.829. The van der Waals surface area contributed by atoms with Crippen LogP contribution >= 0.6 is 0 Å². The predicted molar refractivity (Wildman–Crippen MR) is 61.0 cm³/mol. The molecule has 0 aliphatic rings. The lowest BCUT2D eigenvalue weighted by molar-refractivity contribution is -0.132. The Kier molecular flexibility index (Phi) is 9.03. The molecule has 5 nitrogen and oxygen atoms in total. The number of rotatable bonds is 4. The molecule has 0 radical (unpaired) electrons. The van der Waals surface area contributed by atoms with E-state index in [-0.39, 0.29) is 19.8 Å². The Hall–Kier alpha value is -0.910. The summed E-state index contributed by atoms with van der Waals surface area (Å²) < 4.78 is 0. The van der Waals surface area contributed by atoms with E-state index in [9.17, 15) is 4.79 Å². The summed E-state index contributed by atoms with van der Waals surface area (Å²) >= 11 is 0. The van der Waals surface area contributed by atoms with E-state index in [1.165, 1.54) is 0 Å². The summed E-state index contributed by atoms with van der Waals surface area (Å²) in [5.41, 5.74) is 0.586. The Morgan fingerprint density at radius 1 is 1.00 bits per heavy atom. The summed E-state index contributed by atoms with van der Waals surface area (Å²) in [6, 6.07) is 0. The molecule has 0 aliphatic carbocycles. The Morgan fingerprint density at radius 3 is 1.31 bits per heavy atom. The average molecular weight is 234 g/mol. The van der Waals surface area contributed by atoms with Crippen LogP contribution in [0.25, 0.3) is 0 Å². The third kappa shape index (κ3) is 7.39. The van der Waals surface area contributed by atoms with E-state index < -0.39 is 11.4 Å². The highest BCUT2D eigenvalue weighted by molar-refractivity contribution is 5.86. The first kappa shape index (κ1) is 17.5. The highest BCUT2D eigenvalue weighted by atomic mass is 16.4. The molecule has 4 N–H and O–H groups in total. The van der Waals surface area contributed by atoms with Crippen molar-refractivity contribution < 1.29 is 25.2 Å². The molecule has 0 amide bonds. The van der Waals surface area contributed by atoms with Gasteiger partial charge in [0.25, 0.3) is 0 Å². The van der Waals surface area contributed by atoms with Crippen molar-refractivity contribution in [1.82, 2.24) is 0 Å². The molecule has 0 bridgehead atoms. The third-order valence-corrected chi connectivity index (χ3v) is 2.22.